The van der Waals surface area contributed by atoms with Gasteiger partial charge in [0.15, 0.2) is 0 Å². The summed E-state index contributed by atoms with van der Waals surface area (Å²) >= 11 is 0. The second-order valence-electron chi connectivity index (χ2n) is 2.91. The van der Waals surface area contributed by atoms with Crippen molar-refractivity contribution < 1.29 is 4.79 Å². The van der Waals surface area contributed by atoms with E-state index >= 15 is 0 Å². The lowest BCUT2D eigenvalue weighted by Crippen LogP contribution is -2.48. The fourth-order valence-corrected chi connectivity index (χ4v) is 1.23. The van der Waals surface area contributed by atoms with Crippen LogP contribution in [-0.2, 0) is 4.79 Å². The summed E-state index contributed by atoms with van der Waals surface area (Å²) in [5, 5.41) is 3.09. The summed E-state index contributed by atoms with van der Waals surface area (Å²) < 4.78 is 0. The molecule has 1 fully saturated rings. The van der Waals surface area contributed by atoms with Crippen LogP contribution < -0.4 is 11.1 Å². The van der Waals surface area contributed by atoms with Crippen molar-refractivity contribution in [3.8, 4) is 0 Å². The van der Waals surface area contributed by atoms with Gasteiger partial charge >= 0.3 is 0 Å². The monoisotopic (exact) mass is 178 g/mol. The van der Waals surface area contributed by atoms with Gasteiger partial charge in [0.2, 0.25) is 0 Å². The van der Waals surface area contributed by atoms with Crippen molar-refractivity contribution in [1.82, 2.24) is 5.32 Å². The van der Waals surface area contributed by atoms with Gasteiger partial charge in [-0.3, -0.25) is 4.79 Å². The van der Waals surface area contributed by atoms with E-state index in [1.165, 1.54) is 0 Å². The van der Waals surface area contributed by atoms with Crippen LogP contribution in [0.25, 0.3) is 0 Å². The van der Waals surface area contributed by atoms with E-state index in [1.54, 1.807) is 6.92 Å². The highest BCUT2D eigenvalue weighted by atomic mass is 35.5. The molecule has 0 aromatic rings. The SMILES string of the molecule is CC(=O)C1CCC(N)CN1.Cl. The summed E-state index contributed by atoms with van der Waals surface area (Å²) in [5.74, 6) is 0.229. The Hall–Kier alpha value is -0.120. The zero-order valence-electron chi connectivity index (χ0n) is 6.67. The van der Waals surface area contributed by atoms with Crippen LogP contribution in [0.1, 0.15) is 19.8 Å². The molecule has 66 valence electrons. The van der Waals surface area contributed by atoms with Crippen LogP contribution in [0.2, 0.25) is 0 Å². The number of piperidine rings is 1. The number of ketones is 1. The fourth-order valence-electron chi connectivity index (χ4n) is 1.23. The van der Waals surface area contributed by atoms with Crippen molar-refractivity contribution in [3.63, 3.8) is 0 Å². The lowest BCUT2D eigenvalue weighted by atomic mass is 9.99. The van der Waals surface area contributed by atoms with Crippen LogP contribution in [0.5, 0.6) is 0 Å². The Labute approximate surface area is 73.1 Å². The number of carbonyl (C=O) groups excluding carboxylic acids is 1. The van der Waals surface area contributed by atoms with Crippen LogP contribution >= 0.6 is 12.4 Å². The maximum Gasteiger partial charge on any atom is 0.146 e. The first-order chi connectivity index (χ1) is 4.70. The molecule has 1 aliphatic heterocycles. The number of nitrogens with two attached hydrogens (primary N) is 1. The maximum atomic E-state index is 10.8. The van der Waals surface area contributed by atoms with E-state index in [9.17, 15) is 4.79 Å². The first kappa shape index (κ1) is 10.9. The Bertz CT molecular complexity index is 132. The van der Waals surface area contributed by atoms with E-state index < -0.39 is 0 Å². The smallest absolute Gasteiger partial charge is 0.146 e. The first-order valence-electron chi connectivity index (χ1n) is 3.69. The van der Waals surface area contributed by atoms with Crippen LogP contribution in [-0.4, -0.2) is 24.4 Å². The predicted octanol–water partition coefficient (Wildman–Crippen LogP) is 0.0765. The second kappa shape index (κ2) is 4.70. The molecule has 3 nitrogen and oxygen atoms in total. The molecule has 1 rings (SSSR count). The molecule has 0 aliphatic carbocycles. The summed E-state index contributed by atoms with van der Waals surface area (Å²) in [5.41, 5.74) is 5.62. The van der Waals surface area contributed by atoms with Gasteiger partial charge in [0.25, 0.3) is 0 Å². The topological polar surface area (TPSA) is 55.1 Å². The average molecular weight is 179 g/mol. The second-order valence-corrected chi connectivity index (χ2v) is 2.91. The lowest BCUT2D eigenvalue weighted by Gasteiger charge is -2.25. The Balaban J connectivity index is 0.000001000. The third-order valence-corrected chi connectivity index (χ3v) is 1.94. The molecule has 2 atom stereocenters. The molecule has 1 saturated heterocycles. The van der Waals surface area contributed by atoms with Crippen LogP contribution in [0.4, 0.5) is 0 Å². The van der Waals surface area contributed by atoms with E-state index in [2.05, 4.69) is 5.32 Å². The van der Waals surface area contributed by atoms with Gasteiger partial charge in [0.05, 0.1) is 6.04 Å². The Morgan fingerprint density at radius 2 is 2.18 bits per heavy atom. The number of rotatable bonds is 1. The Kier molecular flexibility index (Phi) is 4.65. The highest BCUT2D eigenvalue weighted by molar-refractivity contribution is 5.85. The summed E-state index contributed by atoms with van der Waals surface area (Å²) in [6, 6.07) is 0.315. The number of hydrogen-bond donors (Lipinski definition) is 2. The summed E-state index contributed by atoms with van der Waals surface area (Å²) in [6.45, 7) is 2.40. The highest BCUT2D eigenvalue weighted by Crippen LogP contribution is 2.06. The molecular weight excluding hydrogens is 164 g/mol. The molecule has 0 radical (unpaired) electrons. The fraction of sp³-hybridized carbons (Fsp3) is 0.857. The Morgan fingerprint density at radius 1 is 1.55 bits per heavy atom. The van der Waals surface area contributed by atoms with Gasteiger partial charge in [-0.2, -0.15) is 0 Å². The third-order valence-electron chi connectivity index (χ3n) is 1.94. The lowest BCUT2D eigenvalue weighted by molar-refractivity contribution is -0.119. The molecule has 0 saturated carbocycles. The molecule has 0 aromatic heterocycles. The van der Waals surface area contributed by atoms with Crippen LogP contribution in [0.15, 0.2) is 0 Å². The van der Waals surface area contributed by atoms with Gasteiger partial charge in [-0.15, -0.1) is 12.4 Å². The van der Waals surface area contributed by atoms with Crippen molar-refractivity contribution in [2.45, 2.75) is 31.8 Å². The van der Waals surface area contributed by atoms with Gasteiger partial charge in [0.1, 0.15) is 5.78 Å². The van der Waals surface area contributed by atoms with Crippen molar-refractivity contribution in [2.24, 2.45) is 5.73 Å². The van der Waals surface area contributed by atoms with Gasteiger partial charge in [-0.25, -0.2) is 0 Å². The molecule has 3 N–H and O–H groups in total. The summed E-state index contributed by atoms with van der Waals surface area (Å²) in [6.07, 6.45) is 1.87. The molecule has 0 spiro atoms. The minimum Gasteiger partial charge on any atom is -0.327 e. The number of carbonyl (C=O) groups is 1. The number of Topliss-reactive ketones (excluding diaryl/α,β-unsaturated/α-hetero) is 1. The number of halogens is 1. The van der Waals surface area contributed by atoms with Crippen molar-refractivity contribution in [2.75, 3.05) is 6.54 Å². The van der Waals surface area contributed by atoms with Crippen molar-refractivity contribution >= 4 is 18.2 Å². The molecule has 11 heavy (non-hydrogen) atoms. The normalized spacial score (nSPS) is 30.7. The van der Waals surface area contributed by atoms with Gasteiger partial charge in [0, 0.05) is 12.6 Å². The zero-order valence-corrected chi connectivity index (χ0v) is 7.49. The molecule has 0 bridgehead atoms. The third kappa shape index (κ3) is 3.18. The quantitative estimate of drug-likeness (QED) is 0.598. The van der Waals surface area contributed by atoms with Crippen molar-refractivity contribution in [3.05, 3.63) is 0 Å². The van der Waals surface area contributed by atoms with Crippen molar-refractivity contribution in [1.29, 1.82) is 0 Å². The van der Waals surface area contributed by atoms with Gasteiger partial charge in [-0.1, -0.05) is 0 Å². The molecule has 2 unspecified atom stereocenters. The largest absolute Gasteiger partial charge is 0.327 e. The highest BCUT2D eigenvalue weighted by Gasteiger charge is 2.20. The maximum absolute atomic E-state index is 10.8. The standard InChI is InChI=1S/C7H14N2O.ClH/c1-5(10)7-3-2-6(8)4-9-7;/h6-7,9H,2-4,8H2,1H3;1H. The molecule has 1 aliphatic rings. The number of hydrogen-bond acceptors (Lipinski definition) is 3. The van der Waals surface area contributed by atoms with E-state index in [4.69, 9.17) is 5.73 Å². The van der Waals surface area contributed by atoms with E-state index in [0.29, 0.717) is 0 Å². The van der Waals surface area contributed by atoms with E-state index in [-0.39, 0.29) is 30.3 Å². The summed E-state index contributed by atoms with van der Waals surface area (Å²) in [7, 11) is 0. The van der Waals surface area contributed by atoms with E-state index in [0.717, 1.165) is 19.4 Å². The molecule has 1 heterocycles. The zero-order chi connectivity index (χ0) is 7.56. The molecule has 4 heteroatoms. The summed E-state index contributed by atoms with van der Waals surface area (Å²) in [4.78, 5) is 10.8. The number of nitrogens with one attached hydrogen (secondary N) is 1. The van der Waals surface area contributed by atoms with E-state index in [1.807, 2.05) is 0 Å². The van der Waals surface area contributed by atoms with Crippen LogP contribution in [0, 0.1) is 0 Å². The molecular formula is C7H15ClN2O. The van der Waals surface area contributed by atoms with Crippen LogP contribution in [0.3, 0.4) is 0 Å². The molecule has 0 aromatic carbocycles. The van der Waals surface area contributed by atoms with Gasteiger partial charge in [-0.05, 0) is 19.8 Å². The molecule has 0 amide bonds. The van der Waals surface area contributed by atoms with Gasteiger partial charge < -0.3 is 11.1 Å². The minimum atomic E-state index is 0. The average Bonchev–Trinajstić information content (AvgIpc) is 1.88. The minimum absolute atomic E-state index is 0. The Morgan fingerprint density at radius 3 is 2.55 bits per heavy atom. The predicted molar refractivity (Wildman–Crippen MR) is 46.9 cm³/mol. The first-order valence-corrected chi connectivity index (χ1v) is 3.69.